The van der Waals surface area contributed by atoms with Crippen molar-refractivity contribution in [1.82, 2.24) is 9.80 Å². The molecule has 1 aliphatic rings. The van der Waals surface area contributed by atoms with E-state index in [-0.39, 0.29) is 24.9 Å². The third kappa shape index (κ3) is 10.9. The van der Waals surface area contributed by atoms with Gasteiger partial charge in [-0.15, -0.1) is 0 Å². The van der Waals surface area contributed by atoms with Crippen LogP contribution in [0.15, 0.2) is 48.5 Å². The van der Waals surface area contributed by atoms with E-state index >= 15 is 0 Å². The summed E-state index contributed by atoms with van der Waals surface area (Å²) in [5, 5.41) is 15.8. The molecule has 0 atom stereocenters. The Bertz CT molecular complexity index is 1020. The molecule has 37 heavy (non-hydrogen) atoms. The predicted octanol–water partition coefficient (Wildman–Crippen LogP) is 3.71. The zero-order valence-corrected chi connectivity index (χ0v) is 22.2. The summed E-state index contributed by atoms with van der Waals surface area (Å²) in [7, 11) is 1.84. The minimum absolute atomic E-state index is 0.0910. The molecule has 1 fully saturated rings. The number of anilines is 1. The van der Waals surface area contributed by atoms with Crippen LogP contribution in [-0.2, 0) is 27.5 Å². The maximum absolute atomic E-state index is 11.5. The van der Waals surface area contributed by atoms with E-state index in [1.165, 1.54) is 16.8 Å². The van der Waals surface area contributed by atoms with Crippen molar-refractivity contribution in [3.8, 4) is 5.75 Å². The number of carbonyl (C=O) groups is 3. The average molecular weight is 514 g/mol. The van der Waals surface area contributed by atoms with E-state index in [2.05, 4.69) is 66.1 Å². The number of carboxylic acid groups (broad SMARTS) is 2. The molecule has 0 saturated carbocycles. The predicted molar refractivity (Wildman–Crippen MR) is 143 cm³/mol. The Labute approximate surface area is 219 Å². The number of carbonyl (C=O) groups excluding carboxylic acids is 1. The van der Waals surface area contributed by atoms with Crippen molar-refractivity contribution < 1.29 is 29.3 Å². The highest BCUT2D eigenvalue weighted by Gasteiger charge is 2.20. The van der Waals surface area contributed by atoms with E-state index in [0.29, 0.717) is 6.54 Å². The third-order valence-corrected chi connectivity index (χ3v) is 5.85. The molecular weight excluding hydrogens is 474 g/mol. The first-order valence-electron chi connectivity index (χ1n) is 12.5. The first-order valence-corrected chi connectivity index (χ1v) is 12.5. The Kier molecular flexibility index (Phi) is 11.9. The Morgan fingerprint density at radius 3 is 2.08 bits per heavy atom. The van der Waals surface area contributed by atoms with Crippen LogP contribution in [0.3, 0.4) is 0 Å². The SMILES string of the molecule is CC(=O)N(C)Cc1cccc(CN2CCN(c3ccccc3OC(C)C)CC2)c1.O=C(O)CCC(=O)O. The Morgan fingerprint density at radius 1 is 0.919 bits per heavy atom. The number of hydrogen-bond acceptors (Lipinski definition) is 6. The lowest BCUT2D eigenvalue weighted by atomic mass is 10.1. The number of hydrogen-bond donors (Lipinski definition) is 2. The van der Waals surface area contributed by atoms with Crippen molar-refractivity contribution in [3.05, 3.63) is 59.7 Å². The molecule has 9 nitrogen and oxygen atoms in total. The summed E-state index contributed by atoms with van der Waals surface area (Å²) < 4.78 is 6.00. The molecular formula is C28H39N3O6. The Morgan fingerprint density at radius 2 is 1.51 bits per heavy atom. The van der Waals surface area contributed by atoms with Gasteiger partial charge in [-0.25, -0.2) is 0 Å². The zero-order chi connectivity index (χ0) is 27.4. The van der Waals surface area contributed by atoms with Crippen LogP contribution in [0.25, 0.3) is 0 Å². The van der Waals surface area contributed by atoms with Gasteiger partial charge in [-0.05, 0) is 37.1 Å². The molecule has 2 aromatic rings. The van der Waals surface area contributed by atoms with Gasteiger partial charge >= 0.3 is 11.9 Å². The second-order valence-electron chi connectivity index (χ2n) is 9.38. The molecule has 1 amide bonds. The van der Waals surface area contributed by atoms with Gasteiger partial charge in [-0.3, -0.25) is 19.3 Å². The van der Waals surface area contributed by atoms with Crippen LogP contribution in [0.1, 0.15) is 44.7 Å². The van der Waals surface area contributed by atoms with E-state index in [1.54, 1.807) is 11.8 Å². The summed E-state index contributed by atoms with van der Waals surface area (Å²) in [4.78, 5) is 37.4. The monoisotopic (exact) mass is 513 g/mol. The second kappa shape index (κ2) is 14.8. The van der Waals surface area contributed by atoms with Crippen LogP contribution in [0, 0.1) is 0 Å². The number of benzene rings is 2. The molecule has 2 N–H and O–H groups in total. The van der Waals surface area contributed by atoms with E-state index in [0.717, 1.165) is 38.5 Å². The van der Waals surface area contributed by atoms with Crippen LogP contribution in [0.4, 0.5) is 5.69 Å². The van der Waals surface area contributed by atoms with Crippen molar-refractivity contribution in [2.45, 2.75) is 52.8 Å². The highest BCUT2D eigenvalue weighted by Crippen LogP contribution is 2.29. The summed E-state index contributed by atoms with van der Waals surface area (Å²) in [5.74, 6) is -1.09. The fraction of sp³-hybridized carbons (Fsp3) is 0.464. The number of nitrogens with zero attached hydrogens (tertiary/aromatic N) is 3. The average Bonchev–Trinajstić information content (AvgIpc) is 2.84. The molecule has 1 heterocycles. The number of rotatable bonds is 10. The van der Waals surface area contributed by atoms with Gasteiger partial charge in [0.15, 0.2) is 0 Å². The highest BCUT2D eigenvalue weighted by molar-refractivity contribution is 5.75. The first-order chi connectivity index (χ1) is 17.5. The molecule has 9 heteroatoms. The summed E-state index contributed by atoms with van der Waals surface area (Å²) in [6, 6.07) is 16.9. The van der Waals surface area contributed by atoms with Crippen LogP contribution < -0.4 is 9.64 Å². The number of para-hydroxylation sites is 2. The molecule has 0 aromatic heterocycles. The maximum atomic E-state index is 11.5. The molecule has 0 spiro atoms. The molecule has 1 aliphatic heterocycles. The van der Waals surface area contributed by atoms with E-state index < -0.39 is 11.9 Å². The van der Waals surface area contributed by atoms with E-state index in [9.17, 15) is 14.4 Å². The lowest BCUT2D eigenvalue weighted by molar-refractivity contribution is -0.143. The molecule has 2 aromatic carbocycles. The quantitative estimate of drug-likeness (QED) is 0.495. The summed E-state index contributed by atoms with van der Waals surface area (Å²) >= 11 is 0. The molecule has 0 unspecified atom stereocenters. The van der Waals surface area contributed by atoms with Gasteiger partial charge in [0.1, 0.15) is 5.75 Å². The highest BCUT2D eigenvalue weighted by atomic mass is 16.5. The van der Waals surface area contributed by atoms with Crippen LogP contribution in [0.5, 0.6) is 5.75 Å². The summed E-state index contributed by atoms with van der Waals surface area (Å²) in [5.41, 5.74) is 3.67. The van der Waals surface area contributed by atoms with Crippen LogP contribution in [0.2, 0.25) is 0 Å². The third-order valence-electron chi connectivity index (χ3n) is 5.85. The molecule has 202 valence electrons. The molecule has 3 rings (SSSR count). The molecule has 0 aliphatic carbocycles. The Hall–Kier alpha value is -3.59. The normalized spacial score (nSPS) is 13.5. The largest absolute Gasteiger partial charge is 0.489 e. The van der Waals surface area contributed by atoms with Gasteiger partial charge in [0.2, 0.25) is 5.91 Å². The molecule has 1 saturated heterocycles. The van der Waals surface area contributed by atoms with E-state index in [4.69, 9.17) is 14.9 Å². The van der Waals surface area contributed by atoms with Gasteiger partial charge in [0.05, 0.1) is 24.6 Å². The minimum atomic E-state index is -1.08. The zero-order valence-electron chi connectivity index (χ0n) is 22.2. The number of piperazine rings is 1. The first kappa shape index (κ1) is 29.6. The van der Waals surface area contributed by atoms with Gasteiger partial charge in [0, 0.05) is 53.2 Å². The number of carboxylic acids is 2. The van der Waals surface area contributed by atoms with Gasteiger partial charge in [0.25, 0.3) is 0 Å². The van der Waals surface area contributed by atoms with Crippen LogP contribution in [-0.4, -0.2) is 77.2 Å². The molecule has 0 radical (unpaired) electrons. The lowest BCUT2D eigenvalue weighted by Gasteiger charge is -2.37. The topological polar surface area (TPSA) is 111 Å². The fourth-order valence-electron chi connectivity index (χ4n) is 3.90. The van der Waals surface area contributed by atoms with Crippen molar-refractivity contribution >= 4 is 23.5 Å². The van der Waals surface area contributed by atoms with E-state index in [1.807, 2.05) is 13.1 Å². The van der Waals surface area contributed by atoms with Crippen molar-refractivity contribution in [3.63, 3.8) is 0 Å². The van der Waals surface area contributed by atoms with Gasteiger partial charge < -0.3 is 24.7 Å². The summed E-state index contributed by atoms with van der Waals surface area (Å²) in [6.07, 6.45) is -0.420. The Balaban J connectivity index is 0.000000521. The standard InChI is InChI=1S/C24H33N3O2.C4H6O4/c1-19(2)29-24-11-6-5-10-23(24)27-14-12-26(13-15-27)18-22-9-7-8-21(16-22)17-25(4)20(3)28;5-3(6)1-2-4(7)8/h5-11,16,19H,12-15,17-18H2,1-4H3;1-2H2,(H,5,6)(H,7,8). The van der Waals surface area contributed by atoms with Gasteiger partial charge in [-0.1, -0.05) is 36.4 Å². The minimum Gasteiger partial charge on any atom is -0.489 e. The van der Waals surface area contributed by atoms with Crippen molar-refractivity contribution in [2.24, 2.45) is 0 Å². The number of aliphatic carboxylic acids is 2. The van der Waals surface area contributed by atoms with Crippen LogP contribution >= 0.6 is 0 Å². The molecule has 0 bridgehead atoms. The summed E-state index contributed by atoms with van der Waals surface area (Å²) in [6.45, 7) is 11.4. The second-order valence-corrected chi connectivity index (χ2v) is 9.38. The van der Waals surface area contributed by atoms with Crippen molar-refractivity contribution in [2.75, 3.05) is 38.1 Å². The smallest absolute Gasteiger partial charge is 0.303 e. The number of amides is 1. The number of ether oxygens (including phenoxy) is 1. The van der Waals surface area contributed by atoms with Gasteiger partial charge in [-0.2, -0.15) is 0 Å². The fourth-order valence-corrected chi connectivity index (χ4v) is 3.90. The van der Waals surface area contributed by atoms with Crippen molar-refractivity contribution in [1.29, 1.82) is 0 Å². The maximum Gasteiger partial charge on any atom is 0.303 e. The lowest BCUT2D eigenvalue weighted by Crippen LogP contribution is -2.46.